The summed E-state index contributed by atoms with van der Waals surface area (Å²) >= 11 is 1.61. The Balaban J connectivity index is 2.15. The van der Waals surface area contributed by atoms with Crippen LogP contribution in [-0.2, 0) is 4.79 Å². The molecule has 0 saturated carbocycles. The number of hydrogen-bond acceptors (Lipinski definition) is 4. The van der Waals surface area contributed by atoms with E-state index in [4.69, 9.17) is 0 Å². The molecule has 4 nitrogen and oxygen atoms in total. The summed E-state index contributed by atoms with van der Waals surface area (Å²) in [5.41, 5.74) is 1.03. The lowest BCUT2D eigenvalue weighted by molar-refractivity contribution is -0.121. The van der Waals surface area contributed by atoms with Crippen LogP contribution in [0.25, 0.3) is 0 Å². The smallest absolute Gasteiger partial charge is 0.245 e. The largest absolute Gasteiger partial charge is 0.304 e. The molecule has 1 unspecified atom stereocenters. The summed E-state index contributed by atoms with van der Waals surface area (Å²) in [6.07, 6.45) is 1.96. The molecular weight excluding hydrogens is 246 g/mol. The molecule has 1 aromatic heterocycles. The predicted molar refractivity (Wildman–Crippen MR) is 75.2 cm³/mol. The van der Waals surface area contributed by atoms with Gasteiger partial charge in [0.05, 0.1) is 11.7 Å². The molecule has 0 bridgehead atoms. The van der Waals surface area contributed by atoms with Crippen LogP contribution in [0.5, 0.6) is 0 Å². The second-order valence-corrected chi connectivity index (χ2v) is 6.33. The van der Waals surface area contributed by atoms with Crippen LogP contribution in [-0.4, -0.2) is 29.5 Å². The van der Waals surface area contributed by atoms with Gasteiger partial charge in [-0.2, -0.15) is 0 Å². The molecule has 1 atom stereocenters. The van der Waals surface area contributed by atoms with E-state index in [9.17, 15) is 4.79 Å². The normalized spacial score (nSPS) is 20.8. The van der Waals surface area contributed by atoms with E-state index in [1.54, 1.807) is 11.3 Å². The molecule has 1 aliphatic rings. The van der Waals surface area contributed by atoms with Gasteiger partial charge in [0, 0.05) is 17.5 Å². The summed E-state index contributed by atoms with van der Waals surface area (Å²) in [6, 6.07) is 0.280. The van der Waals surface area contributed by atoms with Crippen molar-refractivity contribution in [1.82, 2.24) is 10.3 Å². The zero-order valence-electron chi connectivity index (χ0n) is 11.5. The highest BCUT2D eigenvalue weighted by Crippen LogP contribution is 2.28. The van der Waals surface area contributed by atoms with Gasteiger partial charge in [-0.25, -0.2) is 4.98 Å². The molecular formula is C13H21N3OS. The van der Waals surface area contributed by atoms with Gasteiger partial charge in [-0.15, -0.1) is 11.3 Å². The SMILES string of the molecule is Cc1nc(N2CCCC(NC(C)C)C2=O)sc1C. The van der Waals surface area contributed by atoms with Gasteiger partial charge in [0.2, 0.25) is 5.91 Å². The van der Waals surface area contributed by atoms with E-state index in [1.165, 1.54) is 4.88 Å². The number of piperidine rings is 1. The third-order valence-corrected chi connectivity index (χ3v) is 4.32. The highest BCUT2D eigenvalue weighted by molar-refractivity contribution is 7.15. The van der Waals surface area contributed by atoms with Crippen molar-refractivity contribution in [2.75, 3.05) is 11.4 Å². The Labute approximate surface area is 112 Å². The zero-order chi connectivity index (χ0) is 13.3. The van der Waals surface area contributed by atoms with E-state index in [2.05, 4.69) is 31.1 Å². The third-order valence-electron chi connectivity index (χ3n) is 3.22. The zero-order valence-corrected chi connectivity index (χ0v) is 12.3. The first-order chi connectivity index (χ1) is 8.49. The molecule has 0 radical (unpaired) electrons. The Morgan fingerprint density at radius 1 is 1.44 bits per heavy atom. The van der Waals surface area contributed by atoms with Crippen LogP contribution in [0.4, 0.5) is 5.13 Å². The topological polar surface area (TPSA) is 45.2 Å². The minimum atomic E-state index is -0.0525. The number of hydrogen-bond donors (Lipinski definition) is 1. The molecule has 0 spiro atoms. The molecule has 0 aromatic carbocycles. The number of aryl methyl sites for hydroxylation is 2. The van der Waals surface area contributed by atoms with E-state index in [0.29, 0.717) is 6.04 Å². The highest BCUT2D eigenvalue weighted by Gasteiger charge is 2.31. The van der Waals surface area contributed by atoms with Crippen LogP contribution in [0.1, 0.15) is 37.3 Å². The number of anilines is 1. The lowest BCUT2D eigenvalue weighted by Crippen LogP contribution is -2.52. The van der Waals surface area contributed by atoms with Crippen molar-refractivity contribution in [3.8, 4) is 0 Å². The summed E-state index contributed by atoms with van der Waals surface area (Å²) in [5.74, 6) is 0.170. The molecule has 1 N–H and O–H groups in total. The van der Waals surface area contributed by atoms with Crippen molar-refractivity contribution < 1.29 is 4.79 Å². The average molecular weight is 267 g/mol. The van der Waals surface area contributed by atoms with Gasteiger partial charge >= 0.3 is 0 Å². The maximum atomic E-state index is 12.4. The average Bonchev–Trinajstić information content (AvgIpc) is 2.61. The third kappa shape index (κ3) is 2.72. The Morgan fingerprint density at radius 2 is 2.17 bits per heavy atom. The Bertz CT molecular complexity index is 422. The maximum Gasteiger partial charge on any atom is 0.245 e. The lowest BCUT2D eigenvalue weighted by atomic mass is 10.0. The molecule has 2 heterocycles. The van der Waals surface area contributed by atoms with Crippen molar-refractivity contribution in [1.29, 1.82) is 0 Å². The first kappa shape index (κ1) is 13.5. The molecule has 1 fully saturated rings. The first-order valence-corrected chi connectivity index (χ1v) is 7.32. The molecule has 1 amide bonds. The van der Waals surface area contributed by atoms with Crippen LogP contribution < -0.4 is 10.2 Å². The number of nitrogens with one attached hydrogen (secondary N) is 1. The van der Waals surface area contributed by atoms with Gasteiger partial charge in [0.15, 0.2) is 5.13 Å². The first-order valence-electron chi connectivity index (χ1n) is 6.50. The van der Waals surface area contributed by atoms with Crippen LogP contribution in [0.15, 0.2) is 0 Å². The Morgan fingerprint density at radius 3 is 2.72 bits per heavy atom. The predicted octanol–water partition coefficient (Wildman–Crippen LogP) is 2.25. The van der Waals surface area contributed by atoms with Crippen molar-refractivity contribution in [2.45, 2.75) is 52.6 Å². The quantitative estimate of drug-likeness (QED) is 0.913. The number of thiazole rings is 1. The van der Waals surface area contributed by atoms with Crippen molar-refractivity contribution >= 4 is 22.4 Å². The fourth-order valence-corrected chi connectivity index (χ4v) is 3.13. The highest BCUT2D eigenvalue weighted by atomic mass is 32.1. The fraction of sp³-hybridized carbons (Fsp3) is 0.692. The second kappa shape index (κ2) is 5.36. The van der Waals surface area contributed by atoms with Gasteiger partial charge in [0.1, 0.15) is 0 Å². The van der Waals surface area contributed by atoms with Crippen molar-refractivity contribution in [2.24, 2.45) is 0 Å². The van der Waals surface area contributed by atoms with Crippen molar-refractivity contribution in [3.05, 3.63) is 10.6 Å². The summed E-state index contributed by atoms with van der Waals surface area (Å²) in [4.78, 5) is 19.9. The molecule has 100 valence electrons. The molecule has 2 rings (SSSR count). The number of nitrogens with zero attached hydrogens (tertiary/aromatic N) is 2. The minimum Gasteiger partial charge on any atom is -0.304 e. The van der Waals surface area contributed by atoms with Gasteiger partial charge in [-0.05, 0) is 26.7 Å². The van der Waals surface area contributed by atoms with E-state index >= 15 is 0 Å². The van der Waals surface area contributed by atoms with E-state index in [1.807, 2.05) is 11.8 Å². The Hall–Kier alpha value is -0.940. The van der Waals surface area contributed by atoms with Crippen LogP contribution >= 0.6 is 11.3 Å². The number of amides is 1. The molecule has 18 heavy (non-hydrogen) atoms. The van der Waals surface area contributed by atoms with Gasteiger partial charge in [0.25, 0.3) is 0 Å². The summed E-state index contributed by atoms with van der Waals surface area (Å²) < 4.78 is 0. The van der Waals surface area contributed by atoms with Gasteiger partial charge in [-0.3, -0.25) is 9.69 Å². The van der Waals surface area contributed by atoms with Crippen LogP contribution in [0, 0.1) is 13.8 Å². The molecule has 0 aliphatic carbocycles. The Kier molecular flexibility index (Phi) is 4.02. The number of carbonyl (C=O) groups excluding carboxylic acids is 1. The number of carbonyl (C=O) groups is 1. The van der Waals surface area contributed by atoms with Gasteiger partial charge < -0.3 is 5.32 Å². The maximum absolute atomic E-state index is 12.4. The summed E-state index contributed by atoms with van der Waals surface area (Å²) in [6.45, 7) is 8.98. The number of aromatic nitrogens is 1. The van der Waals surface area contributed by atoms with E-state index in [-0.39, 0.29) is 11.9 Å². The van der Waals surface area contributed by atoms with Crippen molar-refractivity contribution in [3.63, 3.8) is 0 Å². The molecule has 1 aliphatic heterocycles. The van der Waals surface area contributed by atoms with Crippen LogP contribution in [0.3, 0.4) is 0 Å². The minimum absolute atomic E-state index is 0.0525. The van der Waals surface area contributed by atoms with Crippen LogP contribution in [0.2, 0.25) is 0 Å². The molecule has 1 aromatic rings. The summed E-state index contributed by atoms with van der Waals surface area (Å²) in [5, 5.41) is 4.19. The van der Waals surface area contributed by atoms with E-state index in [0.717, 1.165) is 30.2 Å². The fourth-order valence-electron chi connectivity index (χ4n) is 2.19. The second-order valence-electron chi connectivity index (χ2n) is 5.14. The van der Waals surface area contributed by atoms with Gasteiger partial charge in [-0.1, -0.05) is 13.8 Å². The lowest BCUT2D eigenvalue weighted by Gasteiger charge is -2.32. The molecule has 5 heteroatoms. The summed E-state index contributed by atoms with van der Waals surface area (Å²) in [7, 11) is 0. The monoisotopic (exact) mass is 267 g/mol. The number of rotatable bonds is 3. The standard InChI is InChI=1S/C13H21N3OS/c1-8(2)14-11-6-5-7-16(12(11)17)13-15-9(3)10(4)18-13/h8,11,14H,5-7H2,1-4H3. The molecule has 1 saturated heterocycles. The van der Waals surface area contributed by atoms with E-state index < -0.39 is 0 Å².